The predicted octanol–water partition coefficient (Wildman–Crippen LogP) is -0.188. The molecule has 0 bridgehead atoms. The van der Waals surface area contributed by atoms with E-state index in [9.17, 15) is 4.79 Å². The summed E-state index contributed by atoms with van der Waals surface area (Å²) in [5, 5.41) is 3.10. The summed E-state index contributed by atoms with van der Waals surface area (Å²) in [5.41, 5.74) is 1.02. The molecule has 1 atom stereocenters. The summed E-state index contributed by atoms with van der Waals surface area (Å²) in [4.78, 5) is 19.4. The summed E-state index contributed by atoms with van der Waals surface area (Å²) in [7, 11) is 0. The van der Waals surface area contributed by atoms with Gasteiger partial charge in [-0.15, -0.1) is 0 Å². The van der Waals surface area contributed by atoms with Gasteiger partial charge in [-0.2, -0.15) is 0 Å². The van der Waals surface area contributed by atoms with Crippen molar-refractivity contribution in [2.75, 3.05) is 44.4 Å². The van der Waals surface area contributed by atoms with Gasteiger partial charge in [0.15, 0.2) is 18.0 Å². The van der Waals surface area contributed by atoms with E-state index in [1.165, 1.54) is 4.90 Å². The zero-order chi connectivity index (χ0) is 18.6. The average molecular weight is 370 g/mol. The molecule has 0 spiro atoms. The van der Waals surface area contributed by atoms with Crippen molar-refractivity contribution in [1.29, 1.82) is 0 Å². The van der Waals surface area contributed by atoms with E-state index in [2.05, 4.69) is 21.3 Å². The SMILES string of the molecule is C[C@@H](NC(=O)C[NH+]1CCN(c2cccc[nH+]2)CC1)c1ccc2c(c1)OCO2. The fourth-order valence-electron chi connectivity index (χ4n) is 3.61. The fourth-order valence-corrected chi connectivity index (χ4v) is 3.61. The second kappa shape index (κ2) is 7.84. The molecule has 3 N–H and O–H groups in total. The van der Waals surface area contributed by atoms with E-state index in [4.69, 9.17) is 9.47 Å². The van der Waals surface area contributed by atoms with Gasteiger partial charge >= 0.3 is 0 Å². The van der Waals surface area contributed by atoms with E-state index < -0.39 is 0 Å². The normalized spacial score (nSPS) is 17.6. The van der Waals surface area contributed by atoms with Crippen molar-refractivity contribution in [2.24, 2.45) is 0 Å². The lowest BCUT2D eigenvalue weighted by molar-refractivity contribution is -0.892. The molecule has 0 unspecified atom stereocenters. The van der Waals surface area contributed by atoms with Gasteiger partial charge in [0.2, 0.25) is 6.79 Å². The lowest BCUT2D eigenvalue weighted by Crippen LogP contribution is -3.16. The van der Waals surface area contributed by atoms with Crippen LogP contribution in [0.2, 0.25) is 0 Å². The molecule has 3 heterocycles. The summed E-state index contributed by atoms with van der Waals surface area (Å²) in [6.07, 6.45) is 1.94. The topological polar surface area (TPSA) is 69.4 Å². The van der Waals surface area contributed by atoms with E-state index in [1.54, 1.807) is 0 Å². The van der Waals surface area contributed by atoms with Gasteiger partial charge in [-0.25, -0.2) is 4.98 Å². The molecule has 2 aliphatic rings. The van der Waals surface area contributed by atoms with E-state index in [-0.39, 0.29) is 18.7 Å². The number of pyridine rings is 1. The Bertz CT molecular complexity index is 791. The van der Waals surface area contributed by atoms with Crippen LogP contribution >= 0.6 is 0 Å². The highest BCUT2D eigenvalue weighted by Gasteiger charge is 2.27. The number of hydrogen-bond donors (Lipinski definition) is 2. The zero-order valence-electron chi connectivity index (χ0n) is 15.5. The van der Waals surface area contributed by atoms with E-state index in [0.717, 1.165) is 49.1 Å². The number of amides is 1. The Labute approximate surface area is 158 Å². The second-order valence-electron chi connectivity index (χ2n) is 7.06. The Kier molecular flexibility index (Phi) is 5.11. The first-order chi connectivity index (χ1) is 13.2. The van der Waals surface area contributed by atoms with Crippen molar-refractivity contribution in [3.63, 3.8) is 0 Å². The van der Waals surface area contributed by atoms with Gasteiger partial charge in [0.05, 0.1) is 12.2 Å². The largest absolute Gasteiger partial charge is 0.454 e. The number of aromatic nitrogens is 1. The smallest absolute Gasteiger partial charge is 0.275 e. The van der Waals surface area contributed by atoms with Gasteiger partial charge in [0.1, 0.15) is 26.2 Å². The molecule has 1 fully saturated rings. The minimum Gasteiger partial charge on any atom is -0.454 e. The maximum atomic E-state index is 12.5. The van der Waals surface area contributed by atoms with Crippen LogP contribution in [0.5, 0.6) is 11.5 Å². The number of nitrogens with zero attached hydrogens (tertiary/aromatic N) is 1. The minimum absolute atomic E-state index is 0.0633. The molecule has 1 saturated heterocycles. The number of piperazine rings is 1. The third-order valence-corrected chi connectivity index (χ3v) is 5.19. The average Bonchev–Trinajstić information content (AvgIpc) is 3.17. The summed E-state index contributed by atoms with van der Waals surface area (Å²) < 4.78 is 10.8. The number of ether oxygens (including phenoxy) is 2. The monoisotopic (exact) mass is 370 g/mol. The number of nitrogens with one attached hydrogen (secondary N) is 3. The van der Waals surface area contributed by atoms with Crippen molar-refractivity contribution in [2.45, 2.75) is 13.0 Å². The lowest BCUT2D eigenvalue weighted by atomic mass is 10.1. The standard InChI is InChI=1S/C20H24N4O3/c1-15(16-5-6-17-18(12-16)27-14-26-17)22-20(25)13-23-8-10-24(11-9-23)19-4-2-3-7-21-19/h2-7,12,15H,8-11,13-14H2,1H3,(H,22,25)/p+2/t15-/m1/s1. The molecular formula is C20H26N4O3+2. The number of carbonyl (C=O) groups excluding carboxylic acids is 1. The first-order valence-electron chi connectivity index (χ1n) is 9.43. The molecule has 7 nitrogen and oxygen atoms in total. The number of fused-ring (bicyclic) bond motifs is 1. The van der Waals surface area contributed by atoms with Crippen LogP contribution in [0, 0.1) is 0 Å². The third-order valence-electron chi connectivity index (χ3n) is 5.19. The minimum atomic E-state index is -0.0633. The maximum Gasteiger partial charge on any atom is 0.275 e. The number of H-pyrrole nitrogens is 1. The van der Waals surface area contributed by atoms with Gasteiger partial charge in [-0.1, -0.05) is 12.1 Å². The molecule has 1 amide bonds. The van der Waals surface area contributed by atoms with Crippen LogP contribution in [0.25, 0.3) is 0 Å². The zero-order valence-corrected chi connectivity index (χ0v) is 15.5. The van der Waals surface area contributed by atoms with Crippen molar-refractivity contribution in [3.05, 3.63) is 48.2 Å². The van der Waals surface area contributed by atoms with Crippen LogP contribution in [0.1, 0.15) is 18.5 Å². The Morgan fingerprint density at radius 1 is 1.22 bits per heavy atom. The van der Waals surface area contributed by atoms with Crippen molar-refractivity contribution in [3.8, 4) is 11.5 Å². The Balaban J connectivity index is 1.26. The lowest BCUT2D eigenvalue weighted by Gasteiger charge is -2.28. The molecule has 142 valence electrons. The summed E-state index contributed by atoms with van der Waals surface area (Å²) in [6.45, 7) is 6.55. The number of quaternary nitrogens is 1. The van der Waals surface area contributed by atoms with Gasteiger partial charge in [0, 0.05) is 6.07 Å². The number of aromatic amines is 1. The number of carbonyl (C=O) groups is 1. The molecule has 0 saturated carbocycles. The molecule has 1 aromatic heterocycles. The van der Waals surface area contributed by atoms with E-state index >= 15 is 0 Å². The first kappa shape index (κ1) is 17.6. The summed E-state index contributed by atoms with van der Waals surface area (Å²) in [6, 6.07) is 11.9. The first-order valence-corrected chi connectivity index (χ1v) is 9.43. The van der Waals surface area contributed by atoms with Crippen molar-refractivity contribution < 1.29 is 24.2 Å². The van der Waals surface area contributed by atoms with Crippen LogP contribution in [0.15, 0.2) is 42.6 Å². The van der Waals surface area contributed by atoms with E-state index in [1.807, 2.05) is 43.5 Å². The van der Waals surface area contributed by atoms with Crippen LogP contribution < -0.4 is 29.6 Å². The van der Waals surface area contributed by atoms with Gasteiger partial charge < -0.3 is 19.7 Å². The molecule has 0 aliphatic carbocycles. The molecule has 27 heavy (non-hydrogen) atoms. The predicted molar refractivity (Wildman–Crippen MR) is 99.9 cm³/mol. The highest BCUT2D eigenvalue weighted by molar-refractivity contribution is 5.77. The number of benzene rings is 1. The van der Waals surface area contributed by atoms with Gasteiger partial charge in [-0.3, -0.25) is 9.69 Å². The van der Waals surface area contributed by atoms with Gasteiger partial charge in [-0.05, 0) is 30.7 Å². The highest BCUT2D eigenvalue weighted by Crippen LogP contribution is 2.34. The Hall–Kier alpha value is -2.80. The number of hydrogen-bond acceptors (Lipinski definition) is 4. The van der Waals surface area contributed by atoms with Crippen LogP contribution in [0.3, 0.4) is 0 Å². The Morgan fingerprint density at radius 3 is 2.81 bits per heavy atom. The summed E-state index contributed by atoms with van der Waals surface area (Å²) in [5.74, 6) is 2.72. The van der Waals surface area contributed by atoms with Gasteiger partial charge in [0.25, 0.3) is 11.7 Å². The highest BCUT2D eigenvalue weighted by atomic mass is 16.7. The molecule has 2 aliphatic heterocycles. The molecule has 4 rings (SSSR count). The van der Waals surface area contributed by atoms with Crippen LogP contribution in [-0.4, -0.2) is 45.4 Å². The molecule has 2 aromatic rings. The molecule has 0 radical (unpaired) electrons. The van der Waals surface area contributed by atoms with Crippen LogP contribution in [-0.2, 0) is 4.79 Å². The molecular weight excluding hydrogens is 344 g/mol. The van der Waals surface area contributed by atoms with Crippen molar-refractivity contribution in [1.82, 2.24) is 5.32 Å². The van der Waals surface area contributed by atoms with Crippen molar-refractivity contribution >= 4 is 11.7 Å². The molecule has 1 aromatic carbocycles. The second-order valence-corrected chi connectivity index (χ2v) is 7.06. The maximum absolute atomic E-state index is 12.5. The Morgan fingerprint density at radius 2 is 2.04 bits per heavy atom. The number of rotatable bonds is 5. The molecule has 7 heteroatoms. The third kappa shape index (κ3) is 4.14. The summed E-state index contributed by atoms with van der Waals surface area (Å²) >= 11 is 0. The fraction of sp³-hybridized carbons (Fsp3) is 0.400. The van der Waals surface area contributed by atoms with Crippen LogP contribution in [0.4, 0.5) is 5.82 Å². The quantitative estimate of drug-likeness (QED) is 0.766. The van der Waals surface area contributed by atoms with E-state index in [0.29, 0.717) is 6.54 Å². The number of anilines is 1.